The lowest BCUT2D eigenvalue weighted by molar-refractivity contribution is -0.120. The number of halogens is 1. The second kappa shape index (κ2) is 6.65. The molecule has 0 unspecified atom stereocenters. The minimum Gasteiger partial charge on any atom is -0.356 e. The van der Waals surface area contributed by atoms with Crippen LogP contribution < -0.4 is 5.32 Å². The number of hydrogen-bond acceptors (Lipinski definition) is 1. The minimum absolute atomic E-state index is 0.141. The molecule has 1 amide bonds. The van der Waals surface area contributed by atoms with E-state index >= 15 is 0 Å². The average Bonchev–Trinajstić information content (AvgIpc) is 1.87. The molecule has 0 atom stereocenters. The molecule has 0 aromatic carbocycles. The molecule has 0 aromatic rings. The van der Waals surface area contributed by atoms with E-state index in [1.165, 1.54) is 0 Å². The quantitative estimate of drug-likeness (QED) is 0.707. The standard InChI is InChI=1S/C8H16BrNO/c1-7(2)4-6-10-8(11)3-5-9/h7H,3-6H2,1-2H3,(H,10,11). The molecule has 0 aliphatic rings. The molecule has 0 saturated carbocycles. The van der Waals surface area contributed by atoms with Gasteiger partial charge in [-0.3, -0.25) is 4.79 Å². The highest BCUT2D eigenvalue weighted by Gasteiger charge is 1.98. The third-order valence-corrected chi connectivity index (χ3v) is 1.76. The molecule has 0 bridgehead atoms. The van der Waals surface area contributed by atoms with Crippen LogP contribution in [0.1, 0.15) is 26.7 Å². The van der Waals surface area contributed by atoms with Gasteiger partial charge in [0.05, 0.1) is 0 Å². The first-order chi connectivity index (χ1) is 5.16. The van der Waals surface area contributed by atoms with Crippen molar-refractivity contribution in [2.75, 3.05) is 11.9 Å². The van der Waals surface area contributed by atoms with Crippen LogP contribution in [0.3, 0.4) is 0 Å². The van der Waals surface area contributed by atoms with Crippen LogP contribution in [0, 0.1) is 5.92 Å². The minimum atomic E-state index is 0.141. The van der Waals surface area contributed by atoms with Crippen LogP contribution in [-0.4, -0.2) is 17.8 Å². The fourth-order valence-corrected chi connectivity index (χ4v) is 1.03. The first kappa shape index (κ1) is 11.0. The van der Waals surface area contributed by atoms with Gasteiger partial charge in [0.1, 0.15) is 0 Å². The van der Waals surface area contributed by atoms with E-state index in [1.807, 2.05) is 0 Å². The molecule has 3 heteroatoms. The summed E-state index contributed by atoms with van der Waals surface area (Å²) in [5.41, 5.74) is 0. The molecular weight excluding hydrogens is 206 g/mol. The summed E-state index contributed by atoms with van der Waals surface area (Å²) >= 11 is 3.21. The maximum Gasteiger partial charge on any atom is 0.220 e. The van der Waals surface area contributed by atoms with Crippen molar-refractivity contribution in [3.05, 3.63) is 0 Å². The molecule has 66 valence electrons. The van der Waals surface area contributed by atoms with Crippen LogP contribution in [0.15, 0.2) is 0 Å². The summed E-state index contributed by atoms with van der Waals surface area (Å²) in [5.74, 6) is 0.807. The summed E-state index contributed by atoms with van der Waals surface area (Å²) in [6.45, 7) is 5.11. The Balaban J connectivity index is 3.17. The summed E-state index contributed by atoms with van der Waals surface area (Å²) in [7, 11) is 0. The molecular formula is C8H16BrNO. The van der Waals surface area contributed by atoms with Crippen molar-refractivity contribution in [3.8, 4) is 0 Å². The number of rotatable bonds is 5. The van der Waals surface area contributed by atoms with E-state index in [2.05, 4.69) is 35.1 Å². The maximum absolute atomic E-state index is 10.9. The Morgan fingerprint density at radius 3 is 2.64 bits per heavy atom. The number of nitrogens with one attached hydrogen (secondary N) is 1. The van der Waals surface area contributed by atoms with E-state index in [0.717, 1.165) is 18.3 Å². The van der Waals surface area contributed by atoms with Gasteiger partial charge >= 0.3 is 0 Å². The highest BCUT2D eigenvalue weighted by Crippen LogP contribution is 1.96. The Hall–Kier alpha value is -0.0500. The van der Waals surface area contributed by atoms with Gasteiger partial charge in [-0.25, -0.2) is 0 Å². The second-order valence-electron chi connectivity index (χ2n) is 2.97. The van der Waals surface area contributed by atoms with Gasteiger partial charge in [-0.2, -0.15) is 0 Å². The number of amides is 1. The van der Waals surface area contributed by atoms with Crippen molar-refractivity contribution < 1.29 is 4.79 Å². The lowest BCUT2D eigenvalue weighted by atomic mass is 10.1. The smallest absolute Gasteiger partial charge is 0.220 e. The van der Waals surface area contributed by atoms with Crippen LogP contribution in [0.25, 0.3) is 0 Å². The fourth-order valence-electron chi connectivity index (χ4n) is 0.674. The summed E-state index contributed by atoms with van der Waals surface area (Å²) < 4.78 is 0. The van der Waals surface area contributed by atoms with Gasteiger partial charge in [0.25, 0.3) is 0 Å². The van der Waals surface area contributed by atoms with Crippen LogP contribution in [0.4, 0.5) is 0 Å². The van der Waals surface area contributed by atoms with Crippen molar-refractivity contribution in [3.63, 3.8) is 0 Å². The van der Waals surface area contributed by atoms with Crippen molar-refractivity contribution in [2.24, 2.45) is 5.92 Å². The molecule has 0 spiro atoms. The zero-order valence-electron chi connectivity index (χ0n) is 7.19. The van der Waals surface area contributed by atoms with Gasteiger partial charge in [-0.15, -0.1) is 0 Å². The molecule has 0 aliphatic carbocycles. The number of alkyl halides is 1. The fraction of sp³-hybridized carbons (Fsp3) is 0.875. The molecule has 0 aliphatic heterocycles. The van der Waals surface area contributed by atoms with E-state index in [9.17, 15) is 4.79 Å². The van der Waals surface area contributed by atoms with E-state index in [4.69, 9.17) is 0 Å². The number of carbonyl (C=O) groups excluding carboxylic acids is 1. The van der Waals surface area contributed by atoms with Crippen molar-refractivity contribution in [1.82, 2.24) is 5.32 Å². The molecule has 0 radical (unpaired) electrons. The van der Waals surface area contributed by atoms with E-state index < -0.39 is 0 Å². The van der Waals surface area contributed by atoms with Gasteiger partial charge in [-0.1, -0.05) is 29.8 Å². The monoisotopic (exact) mass is 221 g/mol. The maximum atomic E-state index is 10.9. The summed E-state index contributed by atoms with van der Waals surface area (Å²) in [5, 5.41) is 3.60. The van der Waals surface area contributed by atoms with Crippen molar-refractivity contribution >= 4 is 21.8 Å². The molecule has 2 nitrogen and oxygen atoms in total. The molecule has 0 heterocycles. The third kappa shape index (κ3) is 7.85. The Morgan fingerprint density at radius 1 is 1.55 bits per heavy atom. The number of carbonyl (C=O) groups is 1. The zero-order chi connectivity index (χ0) is 8.69. The van der Waals surface area contributed by atoms with Crippen LogP contribution in [0.5, 0.6) is 0 Å². The largest absolute Gasteiger partial charge is 0.356 e. The van der Waals surface area contributed by atoms with Crippen molar-refractivity contribution in [2.45, 2.75) is 26.7 Å². The third-order valence-electron chi connectivity index (χ3n) is 1.37. The van der Waals surface area contributed by atoms with Crippen molar-refractivity contribution in [1.29, 1.82) is 0 Å². The lowest BCUT2D eigenvalue weighted by Crippen LogP contribution is -2.25. The van der Waals surface area contributed by atoms with E-state index in [1.54, 1.807) is 0 Å². The Bertz CT molecular complexity index is 115. The van der Waals surface area contributed by atoms with E-state index in [0.29, 0.717) is 12.3 Å². The molecule has 11 heavy (non-hydrogen) atoms. The predicted octanol–water partition coefficient (Wildman–Crippen LogP) is 1.93. The summed E-state index contributed by atoms with van der Waals surface area (Å²) in [4.78, 5) is 10.9. The first-order valence-corrected chi connectivity index (χ1v) is 5.11. The molecule has 0 aromatic heterocycles. The normalized spacial score (nSPS) is 10.2. The average molecular weight is 222 g/mol. The molecule has 1 N–H and O–H groups in total. The van der Waals surface area contributed by atoms with Gasteiger partial charge in [0, 0.05) is 18.3 Å². The van der Waals surface area contributed by atoms with Gasteiger partial charge in [-0.05, 0) is 12.3 Å². The van der Waals surface area contributed by atoms with Crippen LogP contribution >= 0.6 is 15.9 Å². The molecule has 0 rings (SSSR count). The predicted molar refractivity (Wildman–Crippen MR) is 50.9 cm³/mol. The van der Waals surface area contributed by atoms with Crippen LogP contribution in [-0.2, 0) is 4.79 Å². The molecule has 0 saturated heterocycles. The second-order valence-corrected chi connectivity index (χ2v) is 3.76. The summed E-state index contributed by atoms with van der Waals surface area (Å²) in [6.07, 6.45) is 1.64. The zero-order valence-corrected chi connectivity index (χ0v) is 8.78. The SMILES string of the molecule is CC(C)CCNC(=O)CCBr. The van der Waals surface area contributed by atoms with E-state index in [-0.39, 0.29) is 5.91 Å². The first-order valence-electron chi connectivity index (χ1n) is 3.99. The van der Waals surface area contributed by atoms with Gasteiger partial charge < -0.3 is 5.32 Å². The Labute approximate surface area is 76.9 Å². The summed E-state index contributed by atoms with van der Waals surface area (Å²) in [6, 6.07) is 0. The Kier molecular flexibility index (Phi) is 6.62. The highest BCUT2D eigenvalue weighted by atomic mass is 79.9. The number of hydrogen-bond donors (Lipinski definition) is 1. The lowest BCUT2D eigenvalue weighted by Gasteiger charge is -2.05. The highest BCUT2D eigenvalue weighted by molar-refractivity contribution is 9.09. The van der Waals surface area contributed by atoms with Gasteiger partial charge in [0.2, 0.25) is 5.91 Å². The topological polar surface area (TPSA) is 29.1 Å². The molecule has 0 fully saturated rings. The van der Waals surface area contributed by atoms with Crippen LogP contribution in [0.2, 0.25) is 0 Å². The van der Waals surface area contributed by atoms with Gasteiger partial charge in [0.15, 0.2) is 0 Å². The Morgan fingerprint density at radius 2 is 2.18 bits per heavy atom.